The molecule has 0 spiro atoms. The van der Waals surface area contributed by atoms with Gasteiger partial charge in [-0.2, -0.15) is 74.6 Å². The van der Waals surface area contributed by atoms with Gasteiger partial charge in [-0.25, -0.2) is 4.79 Å². The standard InChI is InChI=1S/C24H22F17NO7/c25-17(26,18(27,28)19(29,30)20(31,32)21(33,34)22(35,36)23(37,38)24(39,40)41)7-1-2-9-3-5-10(6-4-9)42-16(47)49-14-12(44)11(8-43)48-15(46)13(14)45/h3-6,11-15,43-46H,1-2,7-8H2,(H,42,47)/t11-,12-,13-,14+,15?/m1/s1. The van der Waals surface area contributed by atoms with Crippen molar-refractivity contribution in [1.29, 1.82) is 0 Å². The van der Waals surface area contributed by atoms with Crippen molar-refractivity contribution in [1.82, 2.24) is 0 Å². The van der Waals surface area contributed by atoms with Gasteiger partial charge in [0.1, 0.15) is 18.3 Å². The van der Waals surface area contributed by atoms with E-state index < -0.39 is 110 Å². The molecule has 5 N–H and O–H groups in total. The summed E-state index contributed by atoms with van der Waals surface area (Å²) < 4.78 is 237. The number of aliphatic hydroxyl groups excluding tert-OH is 4. The molecule has 1 aromatic carbocycles. The van der Waals surface area contributed by atoms with Gasteiger partial charge in [0.25, 0.3) is 0 Å². The quantitative estimate of drug-likeness (QED) is 0.171. The number of nitrogens with one attached hydrogen (secondary N) is 1. The number of anilines is 1. The minimum Gasteiger partial charge on any atom is -0.440 e. The fourth-order valence-corrected chi connectivity index (χ4v) is 4.10. The highest BCUT2D eigenvalue weighted by atomic mass is 19.4. The minimum absolute atomic E-state index is 0.167. The molecule has 0 saturated carbocycles. The van der Waals surface area contributed by atoms with Crippen LogP contribution in [0.1, 0.15) is 18.4 Å². The van der Waals surface area contributed by atoms with Gasteiger partial charge < -0.3 is 29.9 Å². The number of hydrogen-bond acceptors (Lipinski definition) is 7. The Balaban J connectivity index is 2.13. The first-order chi connectivity index (χ1) is 21.9. The maximum atomic E-state index is 14.1. The molecular weight excluding hydrogens is 737 g/mol. The molecule has 1 aliphatic heterocycles. The van der Waals surface area contributed by atoms with Crippen LogP contribution in [0, 0.1) is 0 Å². The van der Waals surface area contributed by atoms with Crippen molar-refractivity contribution < 1.29 is 109 Å². The lowest BCUT2D eigenvalue weighted by atomic mass is 9.87. The number of hydrogen-bond donors (Lipinski definition) is 5. The summed E-state index contributed by atoms with van der Waals surface area (Å²) in [7, 11) is 0. The van der Waals surface area contributed by atoms with E-state index in [2.05, 4.69) is 4.74 Å². The third-order valence-electron chi connectivity index (χ3n) is 7.03. The first kappa shape index (κ1) is 42.3. The first-order valence-electron chi connectivity index (χ1n) is 12.9. The van der Waals surface area contributed by atoms with Gasteiger partial charge in [0.2, 0.25) is 0 Å². The topological polar surface area (TPSA) is 128 Å². The SMILES string of the molecule is O=C(Nc1ccc(CCCC(F)(F)C(F)(F)C(F)(F)C(F)(F)C(F)(F)C(F)(F)C(F)(F)C(F)(F)F)cc1)O[C@H]1[C@H](O)[C@@H](CO)OC(O)[C@@H]1O. The Kier molecular flexibility index (Phi) is 11.8. The molecule has 49 heavy (non-hydrogen) atoms. The molecular formula is C24H22F17NO7. The number of rotatable bonds is 13. The maximum Gasteiger partial charge on any atom is 0.460 e. The van der Waals surface area contributed by atoms with Crippen LogP contribution in [0.25, 0.3) is 0 Å². The number of benzene rings is 1. The molecule has 0 aromatic heterocycles. The van der Waals surface area contributed by atoms with Gasteiger partial charge in [-0.3, -0.25) is 5.32 Å². The molecule has 8 nitrogen and oxygen atoms in total. The lowest BCUT2D eigenvalue weighted by Crippen LogP contribution is -2.74. The molecule has 1 saturated heterocycles. The molecule has 284 valence electrons. The maximum absolute atomic E-state index is 14.1. The van der Waals surface area contributed by atoms with E-state index >= 15 is 0 Å². The van der Waals surface area contributed by atoms with Crippen molar-refractivity contribution in [3.05, 3.63) is 29.8 Å². The van der Waals surface area contributed by atoms with Crippen molar-refractivity contribution >= 4 is 11.8 Å². The largest absolute Gasteiger partial charge is 0.460 e. The van der Waals surface area contributed by atoms with Crippen LogP contribution in [-0.4, -0.2) is 111 Å². The number of ether oxygens (including phenoxy) is 2. The Morgan fingerprint density at radius 2 is 1.14 bits per heavy atom. The molecule has 5 atom stereocenters. The Hall–Kier alpha value is -2.90. The zero-order valence-electron chi connectivity index (χ0n) is 23.5. The fourth-order valence-electron chi connectivity index (χ4n) is 4.10. The summed E-state index contributed by atoms with van der Waals surface area (Å²) in [6.45, 7) is -0.881. The van der Waals surface area contributed by atoms with Gasteiger partial charge in [0.15, 0.2) is 12.4 Å². The Bertz CT molecular complexity index is 1290. The second kappa shape index (κ2) is 13.7. The Morgan fingerprint density at radius 1 is 0.694 bits per heavy atom. The zero-order valence-corrected chi connectivity index (χ0v) is 23.5. The summed E-state index contributed by atoms with van der Waals surface area (Å²) in [5.74, 6) is -56.8. The van der Waals surface area contributed by atoms with Crippen LogP contribution in [0.4, 0.5) is 85.1 Å². The smallest absolute Gasteiger partial charge is 0.440 e. The molecule has 0 aliphatic carbocycles. The summed E-state index contributed by atoms with van der Waals surface area (Å²) in [5, 5.41) is 40.5. The number of carbonyl (C=O) groups excluding carboxylic acids is 1. The molecule has 25 heteroatoms. The van der Waals surface area contributed by atoms with Crippen LogP contribution in [0.5, 0.6) is 0 Å². The summed E-state index contributed by atoms with van der Waals surface area (Å²) in [6.07, 6.45) is -23.3. The van der Waals surface area contributed by atoms with E-state index in [4.69, 9.17) is 9.84 Å². The van der Waals surface area contributed by atoms with Crippen molar-refractivity contribution in [2.75, 3.05) is 11.9 Å². The highest BCUT2D eigenvalue weighted by Gasteiger charge is 2.95. The number of aliphatic hydroxyl groups is 4. The lowest BCUT2D eigenvalue weighted by molar-refractivity contribution is -0.461. The van der Waals surface area contributed by atoms with Gasteiger partial charge in [0.05, 0.1) is 6.61 Å². The highest BCUT2D eigenvalue weighted by Crippen LogP contribution is 2.64. The average molecular weight is 759 g/mol. The first-order valence-corrected chi connectivity index (χ1v) is 12.9. The van der Waals surface area contributed by atoms with Crippen molar-refractivity contribution in [2.45, 2.75) is 97.6 Å². The van der Waals surface area contributed by atoms with E-state index in [9.17, 15) is 94.8 Å². The average Bonchev–Trinajstić information content (AvgIpc) is 2.96. The molecule has 2 rings (SSSR count). The predicted octanol–water partition coefficient (Wildman–Crippen LogP) is 5.37. The second-order valence-electron chi connectivity index (χ2n) is 10.4. The van der Waals surface area contributed by atoms with Gasteiger partial charge >= 0.3 is 53.7 Å². The third kappa shape index (κ3) is 7.30. The zero-order chi connectivity index (χ0) is 38.4. The fraction of sp³-hybridized carbons (Fsp3) is 0.708. The van der Waals surface area contributed by atoms with E-state index in [-0.39, 0.29) is 11.3 Å². The summed E-state index contributed by atoms with van der Waals surface area (Å²) in [4.78, 5) is 12.1. The number of aryl methyl sites for hydroxylation is 1. The van der Waals surface area contributed by atoms with E-state index in [0.717, 1.165) is 24.3 Å². The monoisotopic (exact) mass is 759 g/mol. The van der Waals surface area contributed by atoms with Crippen molar-refractivity contribution in [2.24, 2.45) is 0 Å². The van der Waals surface area contributed by atoms with Crippen molar-refractivity contribution in [3.63, 3.8) is 0 Å². The van der Waals surface area contributed by atoms with Crippen LogP contribution in [0.2, 0.25) is 0 Å². The number of halogens is 17. The van der Waals surface area contributed by atoms with E-state index in [0.29, 0.717) is 0 Å². The highest BCUT2D eigenvalue weighted by molar-refractivity contribution is 5.84. The minimum atomic E-state index is -8.70. The number of amides is 1. The molecule has 1 heterocycles. The molecule has 0 radical (unpaired) electrons. The molecule has 1 unspecified atom stereocenters. The van der Waals surface area contributed by atoms with Crippen LogP contribution in [0.15, 0.2) is 24.3 Å². The van der Waals surface area contributed by atoms with Gasteiger partial charge in [-0.05, 0) is 30.5 Å². The Labute approximate surface area is 261 Å². The molecule has 1 aliphatic rings. The third-order valence-corrected chi connectivity index (χ3v) is 7.03. The van der Waals surface area contributed by atoms with E-state index in [1.807, 2.05) is 5.32 Å². The number of alkyl halides is 17. The van der Waals surface area contributed by atoms with E-state index in [1.165, 1.54) is 0 Å². The second-order valence-corrected chi connectivity index (χ2v) is 10.4. The molecule has 0 bridgehead atoms. The Morgan fingerprint density at radius 3 is 1.59 bits per heavy atom. The molecule has 1 amide bonds. The predicted molar refractivity (Wildman–Crippen MR) is 124 cm³/mol. The lowest BCUT2D eigenvalue weighted by Gasteiger charge is -2.42. The van der Waals surface area contributed by atoms with Crippen LogP contribution >= 0.6 is 0 Å². The van der Waals surface area contributed by atoms with Crippen LogP contribution in [-0.2, 0) is 15.9 Å². The molecule has 1 fully saturated rings. The van der Waals surface area contributed by atoms with Gasteiger partial charge in [0, 0.05) is 12.1 Å². The van der Waals surface area contributed by atoms with Crippen molar-refractivity contribution in [3.8, 4) is 0 Å². The summed E-state index contributed by atoms with van der Waals surface area (Å²) >= 11 is 0. The van der Waals surface area contributed by atoms with E-state index in [1.54, 1.807) is 0 Å². The summed E-state index contributed by atoms with van der Waals surface area (Å²) in [6, 6.07) is 3.75. The normalized spacial score (nSPS) is 23.7. The number of carbonyl (C=O) groups is 1. The van der Waals surface area contributed by atoms with Crippen LogP contribution < -0.4 is 5.32 Å². The van der Waals surface area contributed by atoms with Crippen LogP contribution in [0.3, 0.4) is 0 Å². The molecule has 1 aromatic rings. The summed E-state index contributed by atoms with van der Waals surface area (Å²) in [5.41, 5.74) is -0.378. The van der Waals surface area contributed by atoms with Gasteiger partial charge in [-0.1, -0.05) is 12.1 Å². The van der Waals surface area contributed by atoms with Gasteiger partial charge in [-0.15, -0.1) is 0 Å².